The van der Waals surface area contributed by atoms with E-state index >= 15 is 0 Å². The zero-order chi connectivity index (χ0) is 14.9. The molecular formula is C14H20N2O3S. The van der Waals surface area contributed by atoms with E-state index in [1.165, 1.54) is 0 Å². The fourth-order valence-corrected chi connectivity index (χ4v) is 2.92. The average molecular weight is 296 g/mol. The number of nitrogens with one attached hydrogen (secondary N) is 2. The van der Waals surface area contributed by atoms with Crippen molar-refractivity contribution in [1.82, 2.24) is 10.3 Å². The number of hydrogen-bond acceptors (Lipinski definition) is 5. The second-order valence-corrected chi connectivity index (χ2v) is 6.64. The van der Waals surface area contributed by atoms with Crippen LogP contribution >= 0.6 is 11.3 Å². The van der Waals surface area contributed by atoms with Crippen LogP contribution in [0.5, 0.6) is 5.75 Å². The molecule has 0 aliphatic rings. The molecule has 0 aliphatic heterocycles. The lowest BCUT2D eigenvalue weighted by atomic mass is 10.1. The number of thiazole rings is 1. The summed E-state index contributed by atoms with van der Waals surface area (Å²) in [5.74, 6) is 0.631. The first-order valence-corrected chi connectivity index (χ1v) is 7.31. The van der Waals surface area contributed by atoms with Crippen molar-refractivity contribution in [2.24, 2.45) is 0 Å². The largest absolute Gasteiger partial charge is 0.486 e. The highest BCUT2D eigenvalue weighted by molar-refractivity contribution is 7.16. The number of rotatable bonds is 4. The summed E-state index contributed by atoms with van der Waals surface area (Å²) in [4.78, 5) is 14.3. The standard InChI is InChI=1S/C14H20N2O3S/c1-14(2,3)19-10-6-5-8(9(17)7-15-4)12-11(10)16-13(18)20-12/h5-6,9,15,17H,7H2,1-4H3,(H,16,18). The average Bonchev–Trinajstić information content (AvgIpc) is 2.69. The first-order chi connectivity index (χ1) is 9.31. The summed E-state index contributed by atoms with van der Waals surface area (Å²) in [5, 5.41) is 13.1. The van der Waals surface area contributed by atoms with Gasteiger partial charge in [-0.25, -0.2) is 0 Å². The predicted molar refractivity (Wildman–Crippen MR) is 81.7 cm³/mol. The van der Waals surface area contributed by atoms with Gasteiger partial charge in [-0.3, -0.25) is 4.79 Å². The topological polar surface area (TPSA) is 74.3 Å². The SMILES string of the molecule is CNCC(O)c1ccc(OC(C)(C)C)c2[nH]c(=O)sc12. The van der Waals surface area contributed by atoms with Crippen LogP contribution < -0.4 is 14.9 Å². The first-order valence-electron chi connectivity index (χ1n) is 6.49. The van der Waals surface area contributed by atoms with Crippen molar-refractivity contribution >= 4 is 21.6 Å². The van der Waals surface area contributed by atoms with Crippen LogP contribution in [0.1, 0.15) is 32.4 Å². The normalized spacial score (nSPS) is 13.7. The summed E-state index contributed by atoms with van der Waals surface area (Å²) in [6.45, 7) is 6.29. The minimum Gasteiger partial charge on any atom is -0.486 e. The number of aromatic amines is 1. The van der Waals surface area contributed by atoms with Crippen molar-refractivity contribution in [3.8, 4) is 5.75 Å². The quantitative estimate of drug-likeness (QED) is 0.807. The van der Waals surface area contributed by atoms with Crippen molar-refractivity contribution in [3.05, 3.63) is 27.4 Å². The number of hydrogen-bond donors (Lipinski definition) is 3. The molecule has 0 bridgehead atoms. The van der Waals surface area contributed by atoms with E-state index in [2.05, 4.69) is 10.3 Å². The Bertz CT molecular complexity index is 654. The molecule has 2 rings (SSSR count). The molecule has 5 nitrogen and oxygen atoms in total. The summed E-state index contributed by atoms with van der Waals surface area (Å²) in [6, 6.07) is 3.61. The lowest BCUT2D eigenvalue weighted by Crippen LogP contribution is -2.23. The van der Waals surface area contributed by atoms with Gasteiger partial charge in [-0.1, -0.05) is 17.4 Å². The lowest BCUT2D eigenvalue weighted by Gasteiger charge is -2.22. The maximum Gasteiger partial charge on any atom is 0.305 e. The maximum atomic E-state index is 11.6. The van der Waals surface area contributed by atoms with E-state index in [4.69, 9.17) is 4.74 Å². The van der Waals surface area contributed by atoms with Crippen molar-refractivity contribution in [3.63, 3.8) is 0 Å². The first kappa shape index (κ1) is 15.0. The molecule has 1 aromatic carbocycles. The number of ether oxygens (including phenoxy) is 1. The molecule has 0 aliphatic carbocycles. The lowest BCUT2D eigenvalue weighted by molar-refractivity contribution is 0.132. The van der Waals surface area contributed by atoms with Gasteiger partial charge in [-0.15, -0.1) is 0 Å². The Labute approximate surface area is 121 Å². The van der Waals surface area contributed by atoms with Crippen LogP contribution in [-0.2, 0) is 0 Å². The third-order valence-corrected chi connectivity index (χ3v) is 3.68. The van der Waals surface area contributed by atoms with E-state index in [0.29, 0.717) is 17.8 Å². The monoisotopic (exact) mass is 296 g/mol. The van der Waals surface area contributed by atoms with Crippen LogP contribution in [0.4, 0.5) is 0 Å². The van der Waals surface area contributed by atoms with Gasteiger partial charge in [0.1, 0.15) is 16.9 Å². The Morgan fingerprint density at radius 2 is 2.15 bits per heavy atom. The van der Waals surface area contributed by atoms with E-state index in [-0.39, 0.29) is 10.5 Å². The fourth-order valence-electron chi connectivity index (χ4n) is 2.01. The number of aliphatic hydroxyl groups is 1. The number of aliphatic hydroxyl groups excluding tert-OH is 1. The number of H-pyrrole nitrogens is 1. The Balaban J connectivity index is 2.55. The minimum atomic E-state index is -0.655. The van der Waals surface area contributed by atoms with Gasteiger partial charge in [0.2, 0.25) is 0 Å². The molecule has 0 saturated carbocycles. The highest BCUT2D eigenvalue weighted by Crippen LogP contribution is 2.33. The molecule has 3 N–H and O–H groups in total. The molecule has 0 amide bonds. The summed E-state index contributed by atoms with van der Waals surface area (Å²) in [6.07, 6.45) is -0.655. The second-order valence-electron chi connectivity index (χ2n) is 5.66. The molecule has 0 radical (unpaired) electrons. The van der Waals surface area contributed by atoms with Crippen molar-refractivity contribution in [2.75, 3.05) is 13.6 Å². The van der Waals surface area contributed by atoms with Gasteiger partial charge in [0.05, 0.1) is 10.8 Å². The molecule has 20 heavy (non-hydrogen) atoms. The Morgan fingerprint density at radius 1 is 1.45 bits per heavy atom. The highest BCUT2D eigenvalue weighted by atomic mass is 32.1. The van der Waals surface area contributed by atoms with Gasteiger partial charge in [-0.2, -0.15) is 0 Å². The zero-order valence-corrected chi connectivity index (χ0v) is 12.9. The Morgan fingerprint density at radius 3 is 2.75 bits per heavy atom. The number of aromatic nitrogens is 1. The van der Waals surface area contributed by atoms with E-state index in [9.17, 15) is 9.90 Å². The number of benzene rings is 1. The molecule has 1 aromatic heterocycles. The van der Waals surface area contributed by atoms with Crippen LogP contribution in [0, 0.1) is 0 Å². The van der Waals surface area contributed by atoms with E-state index in [0.717, 1.165) is 21.6 Å². The molecule has 6 heteroatoms. The van der Waals surface area contributed by atoms with E-state index in [1.807, 2.05) is 26.8 Å². The molecule has 1 atom stereocenters. The fraction of sp³-hybridized carbons (Fsp3) is 0.500. The van der Waals surface area contributed by atoms with Crippen LogP contribution in [0.3, 0.4) is 0 Å². The van der Waals surface area contributed by atoms with Crippen molar-refractivity contribution < 1.29 is 9.84 Å². The summed E-state index contributed by atoms with van der Waals surface area (Å²) in [7, 11) is 1.77. The molecule has 1 unspecified atom stereocenters. The molecule has 110 valence electrons. The molecular weight excluding hydrogens is 276 g/mol. The van der Waals surface area contributed by atoms with Gasteiger partial charge in [0.15, 0.2) is 0 Å². The van der Waals surface area contributed by atoms with Gasteiger partial charge >= 0.3 is 4.87 Å². The number of likely N-dealkylation sites (N-methyl/N-ethyl adjacent to an activating group) is 1. The smallest absolute Gasteiger partial charge is 0.305 e. The van der Waals surface area contributed by atoms with Crippen LogP contribution in [0.25, 0.3) is 10.2 Å². The Kier molecular flexibility index (Phi) is 4.17. The molecule has 0 spiro atoms. The van der Waals surface area contributed by atoms with Crippen LogP contribution in [-0.4, -0.2) is 29.3 Å². The minimum absolute atomic E-state index is 0.150. The maximum absolute atomic E-state index is 11.6. The van der Waals surface area contributed by atoms with E-state index < -0.39 is 6.10 Å². The third-order valence-electron chi connectivity index (χ3n) is 2.74. The second kappa shape index (κ2) is 5.55. The summed E-state index contributed by atoms with van der Waals surface area (Å²) >= 11 is 1.09. The van der Waals surface area contributed by atoms with Gasteiger partial charge in [-0.05, 0) is 33.9 Å². The third kappa shape index (κ3) is 3.20. The predicted octanol–water partition coefficient (Wildman–Crippen LogP) is 2.02. The highest BCUT2D eigenvalue weighted by Gasteiger charge is 2.19. The van der Waals surface area contributed by atoms with E-state index in [1.54, 1.807) is 13.1 Å². The molecule has 1 heterocycles. The molecule has 0 saturated heterocycles. The molecule has 2 aromatic rings. The van der Waals surface area contributed by atoms with Gasteiger partial charge in [0.25, 0.3) is 0 Å². The Hall–Kier alpha value is -1.37. The van der Waals surface area contributed by atoms with Crippen molar-refractivity contribution in [2.45, 2.75) is 32.5 Å². The summed E-state index contributed by atoms with van der Waals surface area (Å²) in [5.41, 5.74) is 1.04. The van der Waals surface area contributed by atoms with Gasteiger partial charge < -0.3 is 20.1 Å². The van der Waals surface area contributed by atoms with Crippen LogP contribution in [0.15, 0.2) is 16.9 Å². The number of fused-ring (bicyclic) bond motifs is 1. The zero-order valence-electron chi connectivity index (χ0n) is 12.1. The molecule has 0 fully saturated rings. The van der Waals surface area contributed by atoms with Gasteiger partial charge in [0, 0.05) is 12.1 Å². The van der Waals surface area contributed by atoms with Crippen LogP contribution in [0.2, 0.25) is 0 Å². The summed E-state index contributed by atoms with van der Waals surface area (Å²) < 4.78 is 6.61. The van der Waals surface area contributed by atoms with Crippen molar-refractivity contribution in [1.29, 1.82) is 0 Å².